The molecule has 0 aliphatic heterocycles. The van der Waals surface area contributed by atoms with E-state index in [2.05, 4.69) is 4.74 Å². The van der Waals surface area contributed by atoms with Gasteiger partial charge in [0.15, 0.2) is 6.10 Å². The van der Waals surface area contributed by atoms with Crippen molar-refractivity contribution in [3.63, 3.8) is 0 Å². The zero-order valence-electron chi connectivity index (χ0n) is 15.2. The van der Waals surface area contributed by atoms with E-state index in [0.29, 0.717) is 0 Å². The summed E-state index contributed by atoms with van der Waals surface area (Å²) in [5, 5.41) is 10.6. The van der Waals surface area contributed by atoms with Crippen molar-refractivity contribution < 1.29 is 37.7 Å². The molecule has 0 saturated heterocycles. The van der Waals surface area contributed by atoms with Crippen LogP contribution in [0.2, 0.25) is 0 Å². The predicted octanol–water partition coefficient (Wildman–Crippen LogP) is 2.21. The molecule has 0 amide bonds. The molecule has 8 heteroatoms. The molecule has 1 atom stereocenters. The lowest BCUT2D eigenvalue weighted by atomic mass is 10.0. The maximum absolute atomic E-state index is 13.7. The zero-order chi connectivity index (χ0) is 20.3. The number of alkyl halides is 2. The van der Waals surface area contributed by atoms with Crippen molar-refractivity contribution in [2.24, 2.45) is 5.92 Å². The van der Waals surface area contributed by atoms with Gasteiger partial charge in [-0.05, 0) is 51.0 Å². The lowest BCUT2D eigenvalue weighted by Crippen LogP contribution is -2.53. The Labute approximate surface area is 150 Å². The Morgan fingerprint density at radius 3 is 1.73 bits per heavy atom. The van der Waals surface area contributed by atoms with E-state index in [1.165, 1.54) is 38.1 Å². The van der Waals surface area contributed by atoms with Crippen molar-refractivity contribution in [3.8, 4) is 0 Å². The average Bonchev–Trinajstić information content (AvgIpc) is 2.50. The normalized spacial score (nSPS) is 13.2. The summed E-state index contributed by atoms with van der Waals surface area (Å²) >= 11 is 0. The number of rotatable bonds is 6. The van der Waals surface area contributed by atoms with Gasteiger partial charge in [-0.3, -0.25) is 0 Å². The molecule has 0 saturated carbocycles. The van der Waals surface area contributed by atoms with Crippen LogP contribution >= 0.6 is 0 Å². The van der Waals surface area contributed by atoms with E-state index in [1.807, 2.05) is 0 Å². The summed E-state index contributed by atoms with van der Waals surface area (Å²) in [4.78, 5) is 34.6. The standard InChI is InChI=1S/C18H22F2O6/c1-10(2)13(18(19,20)16(23)24)25-14(21)11-6-8-12(9-7-11)15(22)26-17(3,4)5/h6-10,13H,1-5H3,(H,23,24)/p-1. The summed E-state index contributed by atoms with van der Waals surface area (Å²) in [5.74, 6) is -9.67. The fourth-order valence-electron chi connectivity index (χ4n) is 2.01. The first-order valence-electron chi connectivity index (χ1n) is 7.89. The molecule has 0 radical (unpaired) electrons. The Kier molecular flexibility index (Phi) is 6.46. The van der Waals surface area contributed by atoms with Crippen molar-refractivity contribution in [2.45, 2.75) is 52.2 Å². The Morgan fingerprint density at radius 2 is 1.38 bits per heavy atom. The van der Waals surface area contributed by atoms with E-state index in [1.54, 1.807) is 20.8 Å². The molecule has 0 aliphatic rings. The second-order valence-corrected chi connectivity index (χ2v) is 7.06. The number of aliphatic carboxylic acids is 1. The molecule has 26 heavy (non-hydrogen) atoms. The SMILES string of the molecule is CC(C)C(OC(=O)c1ccc(C(=O)OC(C)(C)C)cc1)C(F)(F)C(=O)[O-]. The number of hydrogen-bond donors (Lipinski definition) is 0. The van der Waals surface area contributed by atoms with Crippen LogP contribution in [-0.4, -0.2) is 35.5 Å². The highest BCUT2D eigenvalue weighted by Crippen LogP contribution is 2.27. The van der Waals surface area contributed by atoms with Gasteiger partial charge in [0.2, 0.25) is 0 Å². The summed E-state index contributed by atoms with van der Waals surface area (Å²) in [6.45, 7) is 7.67. The van der Waals surface area contributed by atoms with Gasteiger partial charge < -0.3 is 19.4 Å². The van der Waals surface area contributed by atoms with Crippen LogP contribution in [0.3, 0.4) is 0 Å². The second kappa shape index (κ2) is 7.80. The van der Waals surface area contributed by atoms with E-state index in [0.717, 1.165) is 0 Å². The van der Waals surface area contributed by atoms with Gasteiger partial charge >= 0.3 is 17.9 Å². The van der Waals surface area contributed by atoms with Gasteiger partial charge in [0.05, 0.1) is 11.1 Å². The minimum atomic E-state index is -4.33. The monoisotopic (exact) mass is 371 g/mol. The Hall–Kier alpha value is -2.51. The summed E-state index contributed by atoms with van der Waals surface area (Å²) in [6.07, 6.45) is -2.19. The molecule has 1 aromatic rings. The summed E-state index contributed by atoms with van der Waals surface area (Å²) in [7, 11) is 0. The number of hydrogen-bond acceptors (Lipinski definition) is 6. The van der Waals surface area contributed by atoms with Crippen LogP contribution in [0, 0.1) is 5.92 Å². The molecular weight excluding hydrogens is 350 g/mol. The third-order valence-corrected chi connectivity index (χ3v) is 3.22. The highest BCUT2D eigenvalue weighted by molar-refractivity contribution is 5.93. The van der Waals surface area contributed by atoms with E-state index in [4.69, 9.17) is 4.74 Å². The maximum atomic E-state index is 13.7. The van der Waals surface area contributed by atoms with Crippen LogP contribution in [0.15, 0.2) is 24.3 Å². The number of benzene rings is 1. The topological polar surface area (TPSA) is 92.7 Å². The van der Waals surface area contributed by atoms with Crippen LogP contribution < -0.4 is 5.11 Å². The highest BCUT2D eigenvalue weighted by Gasteiger charge is 2.46. The van der Waals surface area contributed by atoms with E-state index >= 15 is 0 Å². The van der Waals surface area contributed by atoms with E-state index in [-0.39, 0.29) is 11.1 Å². The van der Waals surface area contributed by atoms with Crippen LogP contribution in [0.25, 0.3) is 0 Å². The Morgan fingerprint density at radius 1 is 0.962 bits per heavy atom. The van der Waals surface area contributed by atoms with Gasteiger partial charge in [-0.15, -0.1) is 0 Å². The number of ether oxygens (including phenoxy) is 2. The van der Waals surface area contributed by atoms with E-state index in [9.17, 15) is 28.3 Å². The lowest BCUT2D eigenvalue weighted by Gasteiger charge is -2.30. The molecule has 6 nitrogen and oxygen atoms in total. The molecule has 0 N–H and O–H groups in total. The quantitative estimate of drug-likeness (QED) is 0.712. The molecule has 0 aromatic heterocycles. The lowest BCUT2D eigenvalue weighted by molar-refractivity contribution is -0.337. The minimum Gasteiger partial charge on any atom is -0.544 e. The van der Waals surface area contributed by atoms with Gasteiger partial charge in [-0.25, -0.2) is 9.59 Å². The van der Waals surface area contributed by atoms with Crippen molar-refractivity contribution in [1.82, 2.24) is 0 Å². The Balaban J connectivity index is 2.94. The van der Waals surface area contributed by atoms with Crippen LogP contribution in [0.4, 0.5) is 8.78 Å². The van der Waals surface area contributed by atoms with Gasteiger partial charge in [0.25, 0.3) is 0 Å². The number of carboxylic acid groups (broad SMARTS) is 1. The predicted molar refractivity (Wildman–Crippen MR) is 85.6 cm³/mol. The Bertz CT molecular complexity index is 674. The van der Waals surface area contributed by atoms with Gasteiger partial charge in [0, 0.05) is 0 Å². The van der Waals surface area contributed by atoms with Crippen molar-refractivity contribution in [1.29, 1.82) is 0 Å². The van der Waals surface area contributed by atoms with Gasteiger partial charge in [0.1, 0.15) is 11.6 Å². The molecule has 144 valence electrons. The second-order valence-electron chi connectivity index (χ2n) is 7.06. The summed E-state index contributed by atoms with van der Waals surface area (Å²) in [6, 6.07) is 4.98. The first-order valence-corrected chi connectivity index (χ1v) is 7.89. The molecule has 0 fully saturated rings. The molecular formula is C18H21F2O6-. The molecule has 1 aromatic carbocycles. The van der Waals surface area contributed by atoms with Crippen LogP contribution in [0.1, 0.15) is 55.3 Å². The number of halogens is 2. The third-order valence-electron chi connectivity index (χ3n) is 3.22. The number of esters is 2. The van der Waals surface area contributed by atoms with Crippen molar-refractivity contribution in [3.05, 3.63) is 35.4 Å². The van der Waals surface area contributed by atoms with E-state index < -0.39 is 41.5 Å². The molecule has 0 heterocycles. The van der Waals surface area contributed by atoms with Crippen LogP contribution in [0.5, 0.6) is 0 Å². The molecule has 0 bridgehead atoms. The highest BCUT2D eigenvalue weighted by atomic mass is 19.3. The maximum Gasteiger partial charge on any atom is 0.338 e. The fraction of sp³-hybridized carbons (Fsp3) is 0.500. The molecule has 0 spiro atoms. The number of carbonyl (C=O) groups excluding carboxylic acids is 3. The smallest absolute Gasteiger partial charge is 0.338 e. The van der Waals surface area contributed by atoms with Crippen molar-refractivity contribution >= 4 is 17.9 Å². The first kappa shape index (κ1) is 21.5. The summed E-state index contributed by atoms with van der Waals surface area (Å²) in [5.41, 5.74) is -0.649. The number of carboxylic acids is 1. The molecule has 1 unspecified atom stereocenters. The minimum absolute atomic E-state index is 0.114. The van der Waals surface area contributed by atoms with Crippen LogP contribution in [-0.2, 0) is 14.3 Å². The summed E-state index contributed by atoms with van der Waals surface area (Å²) < 4.78 is 37.2. The zero-order valence-corrected chi connectivity index (χ0v) is 15.2. The van der Waals surface area contributed by atoms with Gasteiger partial charge in [-0.2, -0.15) is 8.78 Å². The van der Waals surface area contributed by atoms with Crippen molar-refractivity contribution in [2.75, 3.05) is 0 Å². The first-order chi connectivity index (χ1) is 11.8. The number of carbonyl (C=O) groups is 3. The fourth-order valence-corrected chi connectivity index (χ4v) is 2.01. The average molecular weight is 371 g/mol. The molecule has 1 rings (SSSR count). The largest absolute Gasteiger partial charge is 0.544 e. The third kappa shape index (κ3) is 5.50. The van der Waals surface area contributed by atoms with Gasteiger partial charge in [-0.1, -0.05) is 13.8 Å². The molecule has 0 aliphatic carbocycles.